The quantitative estimate of drug-likeness (QED) is 0.404. The van der Waals surface area contributed by atoms with Crippen LogP contribution < -0.4 is 9.81 Å². The van der Waals surface area contributed by atoms with Gasteiger partial charge in [0.2, 0.25) is 0 Å². The molecule has 0 fully saturated rings. The van der Waals surface area contributed by atoms with E-state index in [1.54, 1.807) is 0 Å². The molecule has 0 unspecified atom stereocenters. The summed E-state index contributed by atoms with van der Waals surface area (Å²) in [5, 5.41) is 0. The van der Waals surface area contributed by atoms with Crippen molar-refractivity contribution in [2.45, 2.75) is 0 Å². The molecule has 0 nitrogen and oxygen atoms in total. The van der Waals surface area contributed by atoms with E-state index in [0.717, 1.165) is 4.47 Å². The Morgan fingerprint density at radius 1 is 0.571 bits per heavy atom. The van der Waals surface area contributed by atoms with Crippen molar-refractivity contribution in [1.82, 2.24) is 0 Å². The van der Waals surface area contributed by atoms with Gasteiger partial charge in [-0.15, -0.1) is 0 Å². The predicted molar refractivity (Wildman–Crippen MR) is 99.4 cm³/mol. The third kappa shape index (κ3) is 3.47. The summed E-state index contributed by atoms with van der Waals surface area (Å²) >= 11 is 5.19. The Labute approximate surface area is 150 Å². The molecule has 0 aromatic heterocycles. The summed E-state index contributed by atoms with van der Waals surface area (Å²) in [5.74, 6) is 0. The van der Waals surface area contributed by atoms with E-state index in [9.17, 15) is 0 Å². The number of rotatable bonds is 3. The molecule has 0 saturated heterocycles. The van der Waals surface area contributed by atoms with Crippen LogP contribution in [0.15, 0.2) is 87.8 Å². The van der Waals surface area contributed by atoms with E-state index in [1.807, 2.05) is 0 Å². The van der Waals surface area contributed by atoms with Gasteiger partial charge in [-0.05, 0) is 0 Å². The van der Waals surface area contributed by atoms with Crippen LogP contribution in [0, 0.1) is 0 Å². The van der Waals surface area contributed by atoms with Gasteiger partial charge >= 0.3 is 151 Å². The van der Waals surface area contributed by atoms with E-state index in [2.05, 4.69) is 111 Å². The number of hydrogen-bond acceptors (Lipinski definition) is 0. The van der Waals surface area contributed by atoms with Crippen LogP contribution in [-0.4, -0.2) is 21.8 Å². The molecule has 0 atom stereocenters. The molecule has 0 saturated carbocycles. The van der Waals surface area contributed by atoms with Gasteiger partial charge in [-0.2, -0.15) is 0 Å². The molecule has 0 spiro atoms. The Balaban J connectivity index is 2.20. The fourth-order valence-electron chi connectivity index (χ4n) is 2.25. The van der Waals surface area contributed by atoms with Gasteiger partial charge in [0, 0.05) is 0 Å². The maximum absolute atomic E-state index is 3.78. The molecule has 0 radical (unpaired) electrons. The van der Waals surface area contributed by atoms with Crippen LogP contribution in [0.4, 0.5) is 0 Å². The molecule has 0 N–H and O–H groups in total. The molecule has 104 valence electrons. The fraction of sp³-hybridized carbons (Fsp3) is 0. The van der Waals surface area contributed by atoms with Crippen LogP contribution in [0.3, 0.4) is 0 Å². The van der Waals surface area contributed by atoms with E-state index in [-0.39, 0.29) is 0 Å². The molecule has 0 aliphatic carbocycles. The van der Waals surface area contributed by atoms with Crippen molar-refractivity contribution >= 4 is 63.4 Å². The fourth-order valence-corrected chi connectivity index (χ4v) is 14.2. The molecule has 0 aliphatic rings. The summed E-state index contributed by atoms with van der Waals surface area (Å²) < 4.78 is 6.80. The zero-order valence-corrected chi connectivity index (χ0v) is 17.9. The van der Waals surface area contributed by atoms with Crippen molar-refractivity contribution in [2.24, 2.45) is 0 Å². The van der Waals surface area contributed by atoms with Gasteiger partial charge in [0.05, 0.1) is 0 Å². The minimum atomic E-state index is -2.23. The molecule has 3 aromatic rings. The zero-order valence-electron chi connectivity index (χ0n) is 11.2. The predicted octanol–water partition coefficient (Wildman–Crippen LogP) is 3.73. The van der Waals surface area contributed by atoms with Gasteiger partial charge in [-0.1, -0.05) is 0 Å². The van der Waals surface area contributed by atoms with Crippen molar-refractivity contribution in [3.8, 4) is 0 Å². The number of halogens is 2. The first-order valence-corrected chi connectivity index (χ1v) is 13.4. The maximum atomic E-state index is 3.78. The van der Waals surface area contributed by atoms with E-state index >= 15 is 0 Å². The second-order valence-corrected chi connectivity index (χ2v) is 14.7. The first kappa shape index (κ1) is 15.4. The molecule has 3 aromatic carbocycles. The topological polar surface area (TPSA) is 0 Å². The monoisotopic (exact) mass is 596 g/mol. The third-order valence-corrected chi connectivity index (χ3v) is 16.2. The zero-order chi connectivity index (χ0) is 14.7. The number of hydrogen-bond donors (Lipinski definition) is 0. The van der Waals surface area contributed by atoms with Gasteiger partial charge < -0.3 is 0 Å². The summed E-state index contributed by atoms with van der Waals surface area (Å²) in [6.45, 7) is 0. The molecule has 21 heavy (non-hydrogen) atoms. The van der Waals surface area contributed by atoms with Crippen LogP contribution in [0.5, 0.6) is 0 Å². The molecule has 3 heteroatoms. The van der Waals surface area contributed by atoms with Crippen molar-refractivity contribution < 1.29 is 0 Å². The van der Waals surface area contributed by atoms with Crippen LogP contribution in [0.2, 0.25) is 0 Å². The Morgan fingerprint density at radius 3 is 1.62 bits per heavy atom. The summed E-state index contributed by atoms with van der Waals surface area (Å²) in [6.07, 6.45) is 0. The first-order valence-electron chi connectivity index (χ1n) is 6.61. The average molecular weight is 598 g/mol. The Morgan fingerprint density at radius 2 is 1.10 bits per heavy atom. The summed E-state index contributed by atoms with van der Waals surface area (Å²) in [6, 6.07) is 28.4. The SMILES string of the molecule is Brc1ccc[c]([Bi]([c]2ccccc2)[c]2ccccc2)c1Br. The van der Waals surface area contributed by atoms with E-state index in [4.69, 9.17) is 0 Å². The van der Waals surface area contributed by atoms with Gasteiger partial charge in [0.1, 0.15) is 0 Å². The van der Waals surface area contributed by atoms with Crippen molar-refractivity contribution in [3.63, 3.8) is 0 Å². The number of benzene rings is 3. The Kier molecular flexibility index (Phi) is 5.26. The standard InChI is InChI=1S/C6H3Br2.2C6H5.Bi/c7-5-3-1-2-4-6(5)8;2*1-2-4-6-5-3-1;/h1-3H;2*1-5H;. The molecular weight excluding hydrogens is 585 g/mol. The summed E-state index contributed by atoms with van der Waals surface area (Å²) in [4.78, 5) is 0. The van der Waals surface area contributed by atoms with Crippen molar-refractivity contribution in [2.75, 3.05) is 0 Å². The molecule has 0 amide bonds. The van der Waals surface area contributed by atoms with Gasteiger partial charge in [-0.3, -0.25) is 0 Å². The van der Waals surface area contributed by atoms with E-state index in [1.165, 1.54) is 14.3 Å². The molecular formula is C18H13BiBr2. The van der Waals surface area contributed by atoms with Crippen LogP contribution >= 0.6 is 31.9 Å². The van der Waals surface area contributed by atoms with Crippen molar-refractivity contribution in [1.29, 1.82) is 0 Å². The normalized spacial score (nSPS) is 10.8. The van der Waals surface area contributed by atoms with Crippen LogP contribution in [0.1, 0.15) is 0 Å². The Hall–Kier alpha value is -0.497. The molecule has 0 bridgehead atoms. The second kappa shape index (κ2) is 7.18. The van der Waals surface area contributed by atoms with Gasteiger partial charge in [0.25, 0.3) is 0 Å². The minimum absolute atomic E-state index is 1.13. The van der Waals surface area contributed by atoms with E-state index in [0.29, 0.717) is 0 Å². The summed E-state index contributed by atoms with van der Waals surface area (Å²) in [7, 11) is 0. The molecule has 0 heterocycles. The van der Waals surface area contributed by atoms with Crippen LogP contribution in [-0.2, 0) is 0 Å². The average Bonchev–Trinajstić information content (AvgIpc) is 2.54. The molecule has 0 aliphatic heterocycles. The first-order chi connectivity index (χ1) is 10.3. The van der Waals surface area contributed by atoms with E-state index < -0.39 is 21.8 Å². The van der Waals surface area contributed by atoms with Gasteiger partial charge in [0.15, 0.2) is 0 Å². The van der Waals surface area contributed by atoms with Gasteiger partial charge in [-0.25, -0.2) is 0 Å². The summed E-state index contributed by atoms with van der Waals surface area (Å²) in [5.41, 5.74) is 0. The molecule has 3 rings (SSSR count). The Bertz CT molecular complexity index is 687. The van der Waals surface area contributed by atoms with Crippen molar-refractivity contribution in [3.05, 3.63) is 87.8 Å². The second-order valence-electron chi connectivity index (χ2n) is 4.58. The third-order valence-electron chi connectivity index (χ3n) is 3.20. The van der Waals surface area contributed by atoms with Crippen LogP contribution in [0.25, 0.3) is 0 Å².